The summed E-state index contributed by atoms with van der Waals surface area (Å²) in [5.41, 5.74) is 5.52. The second-order valence-corrected chi connectivity index (χ2v) is 8.23. The highest BCUT2D eigenvalue weighted by molar-refractivity contribution is 5.49. The van der Waals surface area contributed by atoms with E-state index in [4.69, 9.17) is 0 Å². The molecule has 4 rings (SSSR count). The Balaban J connectivity index is 1.43. The van der Waals surface area contributed by atoms with E-state index < -0.39 is 0 Å². The first-order chi connectivity index (χ1) is 13.8. The van der Waals surface area contributed by atoms with Gasteiger partial charge in [0, 0.05) is 12.0 Å². The molecule has 1 aromatic carbocycles. The summed E-state index contributed by atoms with van der Waals surface area (Å²) >= 11 is 0. The number of hydrogen-bond acceptors (Lipinski definition) is 2. The van der Waals surface area contributed by atoms with Crippen LogP contribution < -0.4 is 9.80 Å². The molecule has 28 heavy (non-hydrogen) atoms. The fourth-order valence-corrected chi connectivity index (χ4v) is 4.89. The zero-order valence-electron chi connectivity index (χ0n) is 16.4. The molecule has 3 aliphatic rings. The molecule has 2 aliphatic carbocycles. The molecule has 0 bridgehead atoms. The van der Waals surface area contributed by atoms with Crippen LogP contribution in [0.25, 0.3) is 0 Å². The highest BCUT2D eigenvalue weighted by Crippen LogP contribution is 2.36. The molecule has 1 saturated heterocycles. The van der Waals surface area contributed by atoms with E-state index in [0.717, 1.165) is 25.0 Å². The van der Waals surface area contributed by atoms with E-state index in [1.54, 1.807) is 9.80 Å². The number of nitrogens with zero attached hydrogens (tertiary/aromatic N) is 2. The smallest absolute Gasteiger partial charge is 0.132 e. The van der Waals surface area contributed by atoms with E-state index in [9.17, 15) is 10.5 Å². The molecule has 0 amide bonds. The SMILES string of the molecule is N#CC(C#N)=C1C=C2C=C([NH+]3CC[NH+](Cc4ccccc4)CC3)CC[C@@H]2CC1. The van der Waals surface area contributed by atoms with Crippen LogP contribution >= 0.6 is 0 Å². The summed E-state index contributed by atoms with van der Waals surface area (Å²) in [7, 11) is 0. The van der Waals surface area contributed by atoms with Crippen LogP contribution in [-0.2, 0) is 6.54 Å². The summed E-state index contributed by atoms with van der Waals surface area (Å²) in [5, 5.41) is 18.4. The van der Waals surface area contributed by atoms with Gasteiger partial charge in [0.05, 0.1) is 0 Å². The first-order valence-electron chi connectivity index (χ1n) is 10.4. The Bertz CT molecular complexity index is 871. The predicted molar refractivity (Wildman–Crippen MR) is 108 cm³/mol. The molecule has 1 aliphatic heterocycles. The van der Waals surface area contributed by atoms with Crippen molar-refractivity contribution in [2.75, 3.05) is 26.2 Å². The van der Waals surface area contributed by atoms with Crippen molar-refractivity contribution in [2.24, 2.45) is 5.92 Å². The number of fused-ring (bicyclic) bond motifs is 1. The average Bonchev–Trinajstić information content (AvgIpc) is 2.75. The lowest BCUT2D eigenvalue weighted by atomic mass is 9.77. The van der Waals surface area contributed by atoms with E-state index in [2.05, 4.69) is 54.6 Å². The van der Waals surface area contributed by atoms with Crippen LogP contribution in [0.2, 0.25) is 0 Å². The minimum Gasteiger partial charge on any atom is -0.322 e. The highest BCUT2D eigenvalue weighted by atomic mass is 15.3. The van der Waals surface area contributed by atoms with E-state index in [0.29, 0.717) is 5.92 Å². The van der Waals surface area contributed by atoms with Crippen molar-refractivity contribution in [3.05, 3.63) is 70.5 Å². The molecule has 4 heteroatoms. The third-order valence-corrected chi connectivity index (χ3v) is 6.53. The molecule has 4 nitrogen and oxygen atoms in total. The maximum Gasteiger partial charge on any atom is 0.132 e. The van der Waals surface area contributed by atoms with E-state index in [1.807, 2.05) is 0 Å². The molecular formula is C24H28N4+2. The molecule has 1 atom stereocenters. The van der Waals surface area contributed by atoms with Gasteiger partial charge in [0.25, 0.3) is 0 Å². The third kappa shape index (κ3) is 4.09. The Hall–Kier alpha value is -2.66. The number of hydrogen-bond donors (Lipinski definition) is 2. The lowest BCUT2D eigenvalue weighted by Crippen LogP contribution is -3.26. The van der Waals surface area contributed by atoms with Gasteiger partial charge in [-0.05, 0) is 42.4 Å². The standard InChI is InChI=1S/C24H26N4/c25-16-23(17-26)21-7-6-20-8-9-24(15-22(20)14-21)28-12-10-27(11-13-28)18-19-4-2-1-3-5-19/h1-5,14-15,20H,6-13,18H2/p+2/t20-/m0/s1. The van der Waals surface area contributed by atoms with Gasteiger partial charge in [-0.3, -0.25) is 4.90 Å². The third-order valence-electron chi connectivity index (χ3n) is 6.53. The highest BCUT2D eigenvalue weighted by Gasteiger charge is 2.31. The van der Waals surface area contributed by atoms with Gasteiger partial charge in [0.1, 0.15) is 56.1 Å². The van der Waals surface area contributed by atoms with Crippen LogP contribution in [0.3, 0.4) is 0 Å². The van der Waals surface area contributed by atoms with E-state index >= 15 is 0 Å². The van der Waals surface area contributed by atoms with Crippen molar-refractivity contribution in [1.29, 1.82) is 10.5 Å². The van der Waals surface area contributed by atoms with Crippen molar-refractivity contribution >= 4 is 0 Å². The zero-order chi connectivity index (χ0) is 19.3. The van der Waals surface area contributed by atoms with Crippen molar-refractivity contribution in [3.63, 3.8) is 0 Å². The van der Waals surface area contributed by atoms with Crippen molar-refractivity contribution in [1.82, 2.24) is 0 Å². The maximum absolute atomic E-state index is 9.18. The van der Waals surface area contributed by atoms with E-state index in [-0.39, 0.29) is 5.57 Å². The molecule has 0 spiro atoms. The van der Waals surface area contributed by atoms with Crippen LogP contribution in [0.5, 0.6) is 0 Å². The van der Waals surface area contributed by atoms with Gasteiger partial charge >= 0.3 is 0 Å². The summed E-state index contributed by atoms with van der Waals surface area (Å²) in [5.74, 6) is 0.607. The largest absolute Gasteiger partial charge is 0.322 e. The van der Waals surface area contributed by atoms with Crippen LogP contribution in [0.15, 0.2) is 64.9 Å². The Kier molecular flexibility index (Phi) is 5.72. The number of piperazine rings is 1. The quantitative estimate of drug-likeness (QED) is 0.787. The number of benzene rings is 1. The lowest BCUT2D eigenvalue weighted by molar-refractivity contribution is -1.00. The fraction of sp³-hybridized carbons (Fsp3) is 0.417. The number of nitrogens with one attached hydrogen (secondary N) is 2. The molecule has 1 fully saturated rings. The van der Waals surface area contributed by atoms with Crippen molar-refractivity contribution in [3.8, 4) is 12.1 Å². The first kappa shape index (κ1) is 18.7. The van der Waals surface area contributed by atoms with Crippen LogP contribution in [0.1, 0.15) is 31.2 Å². The molecule has 0 aromatic heterocycles. The number of nitriles is 2. The van der Waals surface area contributed by atoms with Gasteiger partial charge in [-0.1, -0.05) is 36.4 Å². The molecule has 0 radical (unpaired) electrons. The maximum atomic E-state index is 9.18. The number of rotatable bonds is 3. The summed E-state index contributed by atoms with van der Waals surface area (Å²) in [6.45, 7) is 5.93. The van der Waals surface area contributed by atoms with E-state index in [1.165, 1.54) is 55.9 Å². The first-order valence-corrected chi connectivity index (χ1v) is 10.4. The number of allylic oxidation sites excluding steroid dienone is 6. The lowest BCUT2D eigenvalue weighted by Gasteiger charge is -2.34. The van der Waals surface area contributed by atoms with Crippen LogP contribution in [-0.4, -0.2) is 26.2 Å². The van der Waals surface area contributed by atoms with Gasteiger partial charge in [-0.25, -0.2) is 0 Å². The van der Waals surface area contributed by atoms with Crippen molar-refractivity contribution in [2.45, 2.75) is 32.2 Å². The van der Waals surface area contributed by atoms with Gasteiger partial charge in [0.2, 0.25) is 0 Å². The monoisotopic (exact) mass is 372 g/mol. The van der Waals surface area contributed by atoms with Crippen molar-refractivity contribution < 1.29 is 9.80 Å². The fourth-order valence-electron chi connectivity index (χ4n) is 4.89. The molecular weight excluding hydrogens is 344 g/mol. The molecule has 1 aromatic rings. The minimum absolute atomic E-state index is 0.289. The molecule has 0 unspecified atom stereocenters. The second kappa shape index (κ2) is 8.57. The average molecular weight is 373 g/mol. The second-order valence-electron chi connectivity index (χ2n) is 8.23. The number of quaternary nitrogens is 2. The van der Waals surface area contributed by atoms with Crippen LogP contribution in [0, 0.1) is 28.6 Å². The molecule has 142 valence electrons. The predicted octanol–water partition coefficient (Wildman–Crippen LogP) is 1.33. The summed E-state index contributed by atoms with van der Waals surface area (Å²) < 4.78 is 0. The Labute approximate surface area is 167 Å². The minimum atomic E-state index is 0.289. The normalized spacial score (nSPS) is 26.9. The molecule has 1 heterocycles. The van der Waals surface area contributed by atoms with Gasteiger partial charge in [-0.15, -0.1) is 0 Å². The topological polar surface area (TPSA) is 56.5 Å². The molecule has 2 N–H and O–H groups in total. The van der Waals surface area contributed by atoms with Gasteiger partial charge < -0.3 is 4.90 Å². The Morgan fingerprint density at radius 3 is 2.36 bits per heavy atom. The summed E-state index contributed by atoms with van der Waals surface area (Å²) in [6, 6.07) is 14.9. The molecule has 0 saturated carbocycles. The Morgan fingerprint density at radius 2 is 1.64 bits per heavy atom. The van der Waals surface area contributed by atoms with Crippen LogP contribution in [0.4, 0.5) is 0 Å². The zero-order valence-corrected chi connectivity index (χ0v) is 16.4. The van der Waals surface area contributed by atoms with Gasteiger partial charge in [-0.2, -0.15) is 10.5 Å². The summed E-state index contributed by atoms with van der Waals surface area (Å²) in [4.78, 5) is 3.31. The summed E-state index contributed by atoms with van der Waals surface area (Å²) in [6.07, 6.45) is 8.85. The van der Waals surface area contributed by atoms with Gasteiger partial charge in [0.15, 0.2) is 0 Å². The Morgan fingerprint density at radius 1 is 0.929 bits per heavy atom.